The number of aromatic nitrogens is 2. The number of piperazine rings is 1. The first-order chi connectivity index (χ1) is 11.3. The molecule has 3 heterocycles. The summed E-state index contributed by atoms with van der Waals surface area (Å²) in [5.41, 5.74) is 3.24. The van der Waals surface area contributed by atoms with E-state index in [2.05, 4.69) is 37.9 Å². The minimum atomic E-state index is -0.204. The Labute approximate surface area is 134 Å². The number of hydrogen-bond acceptors (Lipinski definition) is 3. The molecule has 3 aromatic rings. The lowest BCUT2D eigenvalue weighted by Crippen LogP contribution is -2.43. The van der Waals surface area contributed by atoms with Gasteiger partial charge in [0.15, 0.2) is 0 Å². The van der Waals surface area contributed by atoms with Crippen LogP contribution in [-0.4, -0.2) is 35.6 Å². The highest BCUT2D eigenvalue weighted by molar-refractivity contribution is 5.60. The first-order valence-corrected chi connectivity index (χ1v) is 7.96. The Kier molecular flexibility index (Phi) is 3.71. The molecule has 0 spiro atoms. The Bertz CT molecular complexity index is 821. The second-order valence-electron chi connectivity index (χ2n) is 5.90. The normalized spacial score (nSPS) is 15.3. The van der Waals surface area contributed by atoms with Gasteiger partial charge < -0.3 is 14.6 Å². The number of halogens is 1. The fraction of sp³-hybridized carbons (Fsp3) is 0.278. The maximum absolute atomic E-state index is 13.3. The molecule has 4 rings (SSSR count). The average molecular weight is 310 g/mol. The number of hydrogen-bond donors (Lipinski definition) is 1. The van der Waals surface area contributed by atoms with Gasteiger partial charge in [-0.3, -0.25) is 0 Å². The molecular weight excluding hydrogens is 291 g/mol. The number of benzene rings is 1. The van der Waals surface area contributed by atoms with Crippen LogP contribution >= 0.6 is 0 Å². The summed E-state index contributed by atoms with van der Waals surface area (Å²) in [4.78, 5) is 6.90. The summed E-state index contributed by atoms with van der Waals surface area (Å²) < 4.78 is 15.4. The van der Waals surface area contributed by atoms with Crippen LogP contribution in [0.4, 0.5) is 10.1 Å². The molecule has 0 saturated carbocycles. The molecule has 0 aliphatic carbocycles. The van der Waals surface area contributed by atoms with Gasteiger partial charge in [-0.15, -0.1) is 0 Å². The van der Waals surface area contributed by atoms with Crippen LogP contribution in [0.2, 0.25) is 0 Å². The molecule has 1 aliphatic rings. The van der Waals surface area contributed by atoms with Crippen molar-refractivity contribution >= 4 is 11.2 Å². The van der Waals surface area contributed by atoms with Gasteiger partial charge >= 0.3 is 0 Å². The van der Waals surface area contributed by atoms with E-state index in [4.69, 9.17) is 0 Å². The number of pyridine rings is 1. The minimum Gasteiger partial charge on any atom is -0.369 e. The van der Waals surface area contributed by atoms with Gasteiger partial charge in [-0.25, -0.2) is 9.37 Å². The molecule has 1 N–H and O–H groups in total. The maximum Gasteiger partial charge on any atom is 0.123 e. The third-order valence-electron chi connectivity index (χ3n) is 4.33. The van der Waals surface area contributed by atoms with Crippen molar-refractivity contribution in [1.82, 2.24) is 14.7 Å². The lowest BCUT2D eigenvalue weighted by molar-refractivity contribution is 0.589. The van der Waals surface area contributed by atoms with Crippen LogP contribution in [0.15, 0.2) is 48.8 Å². The molecule has 0 atom stereocenters. The maximum atomic E-state index is 13.3. The Morgan fingerprint density at radius 1 is 1.13 bits per heavy atom. The molecule has 1 aromatic carbocycles. The molecule has 23 heavy (non-hydrogen) atoms. The van der Waals surface area contributed by atoms with E-state index in [1.165, 1.54) is 11.8 Å². The molecule has 0 bridgehead atoms. The molecule has 118 valence electrons. The molecule has 0 amide bonds. The zero-order valence-electron chi connectivity index (χ0n) is 12.9. The quantitative estimate of drug-likeness (QED) is 0.807. The van der Waals surface area contributed by atoms with Crippen LogP contribution in [0.5, 0.6) is 0 Å². The summed E-state index contributed by atoms with van der Waals surface area (Å²) in [5, 5.41) is 3.37. The summed E-state index contributed by atoms with van der Waals surface area (Å²) in [5.74, 6) is 0.724. The predicted octanol–water partition coefficient (Wildman–Crippen LogP) is 2.47. The second-order valence-corrected chi connectivity index (χ2v) is 5.90. The highest BCUT2D eigenvalue weighted by atomic mass is 19.1. The van der Waals surface area contributed by atoms with E-state index >= 15 is 0 Å². The summed E-state index contributed by atoms with van der Waals surface area (Å²) in [7, 11) is 0. The lowest BCUT2D eigenvalue weighted by Gasteiger charge is -2.29. The fourth-order valence-corrected chi connectivity index (χ4v) is 3.12. The number of imidazole rings is 1. The van der Waals surface area contributed by atoms with Crippen molar-refractivity contribution < 1.29 is 4.39 Å². The minimum absolute atomic E-state index is 0.204. The number of fused-ring (bicyclic) bond motifs is 1. The predicted molar refractivity (Wildman–Crippen MR) is 89.5 cm³/mol. The Balaban J connectivity index is 1.62. The van der Waals surface area contributed by atoms with Gasteiger partial charge in [-0.1, -0.05) is 12.1 Å². The van der Waals surface area contributed by atoms with Gasteiger partial charge in [0.2, 0.25) is 0 Å². The Morgan fingerprint density at radius 3 is 2.83 bits per heavy atom. The van der Waals surface area contributed by atoms with Crippen LogP contribution < -0.4 is 10.2 Å². The van der Waals surface area contributed by atoms with Crippen molar-refractivity contribution in [3.8, 4) is 0 Å². The largest absolute Gasteiger partial charge is 0.369 e. The average Bonchev–Trinajstić information content (AvgIpc) is 2.98. The van der Waals surface area contributed by atoms with Crippen LogP contribution in [0.25, 0.3) is 5.52 Å². The van der Waals surface area contributed by atoms with Gasteiger partial charge in [0.25, 0.3) is 0 Å². The van der Waals surface area contributed by atoms with Crippen molar-refractivity contribution in [3.05, 3.63) is 66.0 Å². The van der Waals surface area contributed by atoms with Crippen LogP contribution in [0.1, 0.15) is 11.4 Å². The lowest BCUT2D eigenvalue weighted by atomic mass is 10.1. The molecule has 2 aromatic heterocycles. The topological polar surface area (TPSA) is 32.6 Å². The second kappa shape index (κ2) is 6.01. The zero-order valence-corrected chi connectivity index (χ0v) is 12.9. The zero-order chi connectivity index (χ0) is 15.6. The summed E-state index contributed by atoms with van der Waals surface area (Å²) in [6.07, 6.45) is 4.58. The smallest absolute Gasteiger partial charge is 0.123 e. The number of anilines is 1. The molecule has 0 unspecified atom stereocenters. The van der Waals surface area contributed by atoms with Crippen molar-refractivity contribution in [3.63, 3.8) is 0 Å². The van der Waals surface area contributed by atoms with Crippen LogP contribution in [-0.2, 0) is 6.42 Å². The van der Waals surface area contributed by atoms with Crippen molar-refractivity contribution in [2.75, 3.05) is 31.1 Å². The van der Waals surface area contributed by atoms with Crippen molar-refractivity contribution in [2.45, 2.75) is 6.42 Å². The first kappa shape index (κ1) is 14.2. The van der Waals surface area contributed by atoms with Gasteiger partial charge in [0.1, 0.15) is 11.6 Å². The standard InChI is InChI=1S/C18H19FN4/c19-15-3-1-2-14(10-15)11-18-21-13-17-12-16(4-7-23(17)18)22-8-5-20-6-9-22/h1-4,7,10,12-13,20H,5-6,8-9,11H2. The van der Waals surface area contributed by atoms with Crippen LogP contribution in [0.3, 0.4) is 0 Å². The monoisotopic (exact) mass is 310 g/mol. The van der Waals surface area contributed by atoms with E-state index in [0.717, 1.165) is 43.1 Å². The van der Waals surface area contributed by atoms with Gasteiger partial charge in [0.05, 0.1) is 11.7 Å². The van der Waals surface area contributed by atoms with Gasteiger partial charge in [-0.2, -0.15) is 0 Å². The Morgan fingerprint density at radius 2 is 2.00 bits per heavy atom. The van der Waals surface area contributed by atoms with E-state index in [-0.39, 0.29) is 5.82 Å². The van der Waals surface area contributed by atoms with E-state index in [1.54, 1.807) is 12.1 Å². The van der Waals surface area contributed by atoms with Gasteiger partial charge in [0, 0.05) is 44.5 Å². The highest BCUT2D eigenvalue weighted by Crippen LogP contribution is 2.20. The van der Waals surface area contributed by atoms with Crippen molar-refractivity contribution in [2.24, 2.45) is 0 Å². The molecule has 1 saturated heterocycles. The summed E-state index contributed by atoms with van der Waals surface area (Å²) in [6, 6.07) is 11.0. The highest BCUT2D eigenvalue weighted by Gasteiger charge is 2.12. The number of nitrogens with zero attached hydrogens (tertiary/aromatic N) is 3. The first-order valence-electron chi connectivity index (χ1n) is 7.96. The summed E-state index contributed by atoms with van der Waals surface area (Å²) in [6.45, 7) is 4.10. The van der Waals surface area contributed by atoms with Crippen molar-refractivity contribution in [1.29, 1.82) is 0 Å². The van der Waals surface area contributed by atoms with E-state index in [0.29, 0.717) is 6.42 Å². The molecule has 5 heteroatoms. The summed E-state index contributed by atoms with van der Waals surface area (Å²) >= 11 is 0. The van der Waals surface area contributed by atoms with E-state index in [1.807, 2.05) is 12.3 Å². The molecule has 1 aliphatic heterocycles. The third kappa shape index (κ3) is 2.92. The molecule has 4 nitrogen and oxygen atoms in total. The molecule has 1 fully saturated rings. The van der Waals surface area contributed by atoms with Gasteiger partial charge in [-0.05, 0) is 29.8 Å². The fourth-order valence-electron chi connectivity index (χ4n) is 3.12. The van der Waals surface area contributed by atoms with E-state index < -0.39 is 0 Å². The Hall–Kier alpha value is -2.40. The SMILES string of the molecule is Fc1cccc(Cc2ncc3cc(N4CCNCC4)ccn23)c1. The molecular formula is C18H19FN4. The third-order valence-corrected chi connectivity index (χ3v) is 4.33. The number of nitrogens with one attached hydrogen (secondary N) is 1. The van der Waals surface area contributed by atoms with E-state index in [9.17, 15) is 4.39 Å². The molecule has 0 radical (unpaired) electrons. The number of rotatable bonds is 3. The van der Waals surface area contributed by atoms with Crippen LogP contribution in [0, 0.1) is 5.82 Å².